The van der Waals surface area contributed by atoms with Crippen molar-refractivity contribution in [3.63, 3.8) is 0 Å². The maximum Gasteiger partial charge on any atom is 0.254 e. The van der Waals surface area contributed by atoms with E-state index in [0.717, 1.165) is 12.7 Å². The molecule has 1 aliphatic heterocycles. The monoisotopic (exact) mass is 297 g/mol. The summed E-state index contributed by atoms with van der Waals surface area (Å²) in [5.74, 6) is -0.175. The fourth-order valence-corrected chi connectivity index (χ4v) is 3.09. The van der Waals surface area contributed by atoms with Gasteiger partial charge in [-0.15, -0.1) is 0 Å². The van der Waals surface area contributed by atoms with Crippen LogP contribution >= 0.6 is 0 Å². The summed E-state index contributed by atoms with van der Waals surface area (Å²) in [4.78, 5) is 13.9. The van der Waals surface area contributed by atoms with E-state index in [9.17, 15) is 18.3 Å². The molecule has 20 heavy (non-hydrogen) atoms. The van der Waals surface area contributed by atoms with Gasteiger partial charge < -0.3 is 10.0 Å². The van der Waals surface area contributed by atoms with Gasteiger partial charge in [0.05, 0.1) is 23.6 Å². The SMILES string of the molecule is CCCC1(O)CN(C(=O)c2ccc(S(C)(=O)=O)cc2)C1. The number of aliphatic hydroxyl groups is 1. The van der Waals surface area contributed by atoms with E-state index in [4.69, 9.17) is 0 Å². The maximum atomic E-state index is 12.1. The second-order valence-corrected chi connectivity index (χ2v) is 7.45. The number of sulfone groups is 1. The molecule has 1 saturated heterocycles. The Morgan fingerprint density at radius 3 is 2.30 bits per heavy atom. The molecule has 0 saturated carbocycles. The van der Waals surface area contributed by atoms with Gasteiger partial charge in [0, 0.05) is 11.8 Å². The highest BCUT2D eigenvalue weighted by molar-refractivity contribution is 7.90. The fraction of sp³-hybridized carbons (Fsp3) is 0.500. The van der Waals surface area contributed by atoms with Gasteiger partial charge in [0.1, 0.15) is 0 Å². The van der Waals surface area contributed by atoms with Crippen LogP contribution in [0.15, 0.2) is 29.2 Å². The van der Waals surface area contributed by atoms with Crippen LogP contribution in [0.1, 0.15) is 30.1 Å². The summed E-state index contributed by atoms with van der Waals surface area (Å²) in [6, 6.07) is 5.88. The molecular weight excluding hydrogens is 278 g/mol. The first-order chi connectivity index (χ1) is 9.25. The average Bonchev–Trinajstić information content (AvgIpc) is 2.34. The van der Waals surface area contributed by atoms with Gasteiger partial charge >= 0.3 is 0 Å². The number of carbonyl (C=O) groups excluding carboxylic acids is 1. The second kappa shape index (κ2) is 5.18. The predicted molar refractivity (Wildman–Crippen MR) is 75.3 cm³/mol. The zero-order chi connectivity index (χ0) is 15.0. The standard InChI is InChI=1S/C14H19NO4S/c1-3-8-14(17)9-15(10-14)13(16)11-4-6-12(7-5-11)20(2,18)19/h4-7,17H,3,8-10H2,1-2H3. The summed E-state index contributed by atoms with van der Waals surface area (Å²) < 4.78 is 22.7. The fourth-order valence-electron chi connectivity index (χ4n) is 2.46. The van der Waals surface area contributed by atoms with Crippen molar-refractivity contribution in [2.24, 2.45) is 0 Å². The molecule has 1 fully saturated rings. The van der Waals surface area contributed by atoms with Crippen LogP contribution in [-0.4, -0.2) is 49.3 Å². The van der Waals surface area contributed by atoms with E-state index in [1.165, 1.54) is 24.3 Å². The summed E-state index contributed by atoms with van der Waals surface area (Å²) in [6.45, 7) is 2.67. The van der Waals surface area contributed by atoms with Crippen molar-refractivity contribution < 1.29 is 18.3 Å². The van der Waals surface area contributed by atoms with Crippen molar-refractivity contribution in [3.05, 3.63) is 29.8 Å². The minimum Gasteiger partial charge on any atom is -0.386 e. The largest absolute Gasteiger partial charge is 0.386 e. The first-order valence-electron chi connectivity index (χ1n) is 6.57. The lowest BCUT2D eigenvalue weighted by Gasteiger charge is -2.46. The minimum absolute atomic E-state index is 0.175. The molecule has 0 aromatic heterocycles. The summed E-state index contributed by atoms with van der Waals surface area (Å²) in [7, 11) is -3.25. The molecule has 0 unspecified atom stereocenters. The van der Waals surface area contributed by atoms with E-state index >= 15 is 0 Å². The van der Waals surface area contributed by atoms with Crippen LogP contribution in [-0.2, 0) is 9.84 Å². The molecule has 1 heterocycles. The van der Waals surface area contributed by atoms with Crippen LogP contribution in [0.25, 0.3) is 0 Å². The first-order valence-corrected chi connectivity index (χ1v) is 8.46. The molecule has 1 aliphatic rings. The molecular formula is C14H19NO4S. The molecule has 1 aromatic carbocycles. The van der Waals surface area contributed by atoms with Crippen LogP contribution in [0, 0.1) is 0 Å². The highest BCUT2D eigenvalue weighted by Crippen LogP contribution is 2.27. The quantitative estimate of drug-likeness (QED) is 0.902. The van der Waals surface area contributed by atoms with Crippen LogP contribution < -0.4 is 0 Å². The molecule has 1 amide bonds. The molecule has 110 valence electrons. The molecule has 0 atom stereocenters. The molecule has 6 heteroatoms. The highest BCUT2D eigenvalue weighted by atomic mass is 32.2. The third-order valence-electron chi connectivity index (χ3n) is 3.50. The van der Waals surface area contributed by atoms with E-state index in [1.807, 2.05) is 6.92 Å². The zero-order valence-electron chi connectivity index (χ0n) is 11.7. The summed E-state index contributed by atoms with van der Waals surface area (Å²) in [6.07, 6.45) is 2.69. The number of β-amino-alcohol motifs (C(OH)–C–C–N with tert-alkyl or cyclic N) is 1. The summed E-state index contributed by atoms with van der Waals surface area (Å²) in [5, 5.41) is 10.1. The normalized spacial score (nSPS) is 17.6. The minimum atomic E-state index is -3.25. The van der Waals surface area contributed by atoms with E-state index < -0.39 is 15.4 Å². The Morgan fingerprint density at radius 2 is 1.85 bits per heavy atom. The number of hydrogen-bond donors (Lipinski definition) is 1. The van der Waals surface area contributed by atoms with Crippen molar-refractivity contribution in [1.82, 2.24) is 4.90 Å². The Bertz CT molecular complexity index is 601. The van der Waals surface area contributed by atoms with Gasteiger partial charge in [-0.3, -0.25) is 4.79 Å². The number of hydrogen-bond acceptors (Lipinski definition) is 4. The van der Waals surface area contributed by atoms with Crippen molar-refractivity contribution in [2.45, 2.75) is 30.3 Å². The highest BCUT2D eigenvalue weighted by Gasteiger charge is 2.42. The van der Waals surface area contributed by atoms with Gasteiger partial charge in [-0.1, -0.05) is 13.3 Å². The number of benzene rings is 1. The molecule has 0 spiro atoms. The van der Waals surface area contributed by atoms with Gasteiger partial charge in [0.15, 0.2) is 9.84 Å². The van der Waals surface area contributed by atoms with Crippen LogP contribution in [0.4, 0.5) is 0 Å². The van der Waals surface area contributed by atoms with Gasteiger partial charge in [-0.2, -0.15) is 0 Å². The van der Waals surface area contributed by atoms with Gasteiger partial charge in [0.2, 0.25) is 0 Å². The smallest absolute Gasteiger partial charge is 0.254 e. The van der Waals surface area contributed by atoms with Crippen molar-refractivity contribution >= 4 is 15.7 Å². The molecule has 0 aliphatic carbocycles. The number of likely N-dealkylation sites (tertiary alicyclic amines) is 1. The Labute approximate surface area is 119 Å². The summed E-state index contributed by atoms with van der Waals surface area (Å²) in [5.41, 5.74) is -0.312. The molecule has 0 bridgehead atoms. The van der Waals surface area contributed by atoms with E-state index in [-0.39, 0.29) is 10.8 Å². The molecule has 5 nitrogen and oxygen atoms in total. The van der Waals surface area contributed by atoms with Gasteiger partial charge in [-0.05, 0) is 30.7 Å². The Hall–Kier alpha value is -1.40. The number of nitrogens with zero attached hydrogens (tertiary/aromatic N) is 1. The number of amides is 1. The third kappa shape index (κ3) is 3.02. The lowest BCUT2D eigenvalue weighted by molar-refractivity contribution is -0.0860. The molecule has 2 rings (SSSR count). The Balaban J connectivity index is 2.05. The second-order valence-electron chi connectivity index (χ2n) is 5.43. The maximum absolute atomic E-state index is 12.1. The molecule has 1 aromatic rings. The van der Waals surface area contributed by atoms with Gasteiger partial charge in [0.25, 0.3) is 5.91 Å². The van der Waals surface area contributed by atoms with Crippen molar-refractivity contribution in [2.75, 3.05) is 19.3 Å². The van der Waals surface area contributed by atoms with E-state index in [1.54, 1.807) is 4.90 Å². The Morgan fingerprint density at radius 1 is 1.30 bits per heavy atom. The van der Waals surface area contributed by atoms with Crippen molar-refractivity contribution in [3.8, 4) is 0 Å². The first kappa shape index (κ1) is 15.0. The lowest BCUT2D eigenvalue weighted by atomic mass is 9.89. The lowest BCUT2D eigenvalue weighted by Crippen LogP contribution is -2.63. The van der Waals surface area contributed by atoms with Crippen LogP contribution in [0.2, 0.25) is 0 Å². The molecule has 0 radical (unpaired) electrons. The summed E-state index contributed by atoms with van der Waals surface area (Å²) >= 11 is 0. The topological polar surface area (TPSA) is 74.7 Å². The van der Waals surface area contributed by atoms with E-state index in [2.05, 4.69) is 0 Å². The van der Waals surface area contributed by atoms with Crippen molar-refractivity contribution in [1.29, 1.82) is 0 Å². The molecule has 1 N–H and O–H groups in total. The van der Waals surface area contributed by atoms with Gasteiger partial charge in [-0.25, -0.2) is 8.42 Å². The zero-order valence-corrected chi connectivity index (χ0v) is 12.5. The third-order valence-corrected chi connectivity index (χ3v) is 4.63. The van der Waals surface area contributed by atoms with E-state index in [0.29, 0.717) is 25.1 Å². The average molecular weight is 297 g/mol. The Kier molecular flexibility index (Phi) is 3.88. The van der Waals surface area contributed by atoms with Crippen LogP contribution in [0.5, 0.6) is 0 Å². The number of rotatable bonds is 4. The van der Waals surface area contributed by atoms with Crippen LogP contribution in [0.3, 0.4) is 0 Å². The predicted octanol–water partition coefficient (Wildman–Crippen LogP) is 1.08. The number of carbonyl (C=O) groups is 1.